The molecule has 1 aliphatic heterocycles. The first-order valence-corrected chi connectivity index (χ1v) is 8.44. The number of rotatable bonds is 4. The number of carbonyl (C=O) groups excluding carboxylic acids is 1. The van der Waals surface area contributed by atoms with Gasteiger partial charge in [-0.3, -0.25) is 4.90 Å². The quantitative estimate of drug-likeness (QED) is 0.665. The first-order valence-electron chi connectivity index (χ1n) is 8.44. The summed E-state index contributed by atoms with van der Waals surface area (Å²) in [7, 11) is 0. The highest BCUT2D eigenvalue weighted by Gasteiger charge is 2.43. The minimum atomic E-state index is -0.306. The van der Waals surface area contributed by atoms with Gasteiger partial charge in [0.05, 0.1) is 0 Å². The summed E-state index contributed by atoms with van der Waals surface area (Å²) in [6.45, 7) is 0.530. The van der Waals surface area contributed by atoms with Crippen molar-refractivity contribution in [1.29, 1.82) is 0 Å². The lowest BCUT2D eigenvalue weighted by Gasteiger charge is -2.25. The van der Waals surface area contributed by atoms with Crippen molar-refractivity contribution in [2.45, 2.75) is 18.7 Å². The van der Waals surface area contributed by atoms with E-state index in [9.17, 15) is 4.79 Å². The summed E-state index contributed by atoms with van der Waals surface area (Å²) in [5.41, 5.74) is 3.19. The van der Waals surface area contributed by atoms with Crippen LogP contribution in [0.15, 0.2) is 91.0 Å². The Balaban J connectivity index is 1.73. The van der Waals surface area contributed by atoms with Gasteiger partial charge in [0.15, 0.2) is 6.10 Å². The van der Waals surface area contributed by atoms with E-state index in [1.165, 1.54) is 0 Å². The third kappa shape index (κ3) is 3.13. The van der Waals surface area contributed by atoms with Crippen LogP contribution in [0.2, 0.25) is 0 Å². The highest BCUT2D eigenvalue weighted by molar-refractivity contribution is 5.71. The van der Waals surface area contributed by atoms with Gasteiger partial charge in [-0.05, 0) is 16.7 Å². The number of benzene rings is 3. The lowest BCUT2D eigenvalue weighted by Crippen LogP contribution is -2.27. The van der Waals surface area contributed by atoms with E-state index in [0.29, 0.717) is 6.54 Å². The monoisotopic (exact) mass is 329 g/mol. The fraction of sp³-hybridized carbons (Fsp3) is 0.136. The molecule has 0 unspecified atom stereocenters. The Morgan fingerprint density at radius 2 is 1.24 bits per heavy atom. The minimum absolute atomic E-state index is 0.142. The SMILES string of the molecule is O=C1O[C@@H](c2ccccc2)[C@H](c2ccccc2)N1Cc1ccccc1. The Morgan fingerprint density at radius 1 is 0.720 bits per heavy atom. The number of hydrogen-bond donors (Lipinski definition) is 0. The number of nitrogens with zero attached hydrogens (tertiary/aromatic N) is 1. The summed E-state index contributed by atoms with van der Waals surface area (Å²) < 4.78 is 5.79. The minimum Gasteiger partial charge on any atom is -0.439 e. The maximum Gasteiger partial charge on any atom is 0.411 e. The molecule has 1 saturated heterocycles. The van der Waals surface area contributed by atoms with Gasteiger partial charge in [0.2, 0.25) is 0 Å². The van der Waals surface area contributed by atoms with Gasteiger partial charge in [0, 0.05) is 6.54 Å². The van der Waals surface area contributed by atoms with Gasteiger partial charge >= 0.3 is 6.09 Å². The number of ether oxygens (including phenoxy) is 1. The third-order valence-corrected chi connectivity index (χ3v) is 4.55. The molecule has 1 fully saturated rings. The molecule has 3 heteroatoms. The zero-order chi connectivity index (χ0) is 17.1. The predicted octanol–water partition coefficient (Wildman–Crippen LogP) is 5.12. The number of carbonyl (C=O) groups is 1. The van der Waals surface area contributed by atoms with Crippen LogP contribution in [0.1, 0.15) is 28.8 Å². The normalized spacial score (nSPS) is 19.7. The highest BCUT2D eigenvalue weighted by atomic mass is 16.6. The van der Waals surface area contributed by atoms with Crippen LogP contribution in [0.5, 0.6) is 0 Å². The van der Waals surface area contributed by atoms with Crippen molar-refractivity contribution < 1.29 is 9.53 Å². The number of amides is 1. The lowest BCUT2D eigenvalue weighted by molar-refractivity contribution is 0.129. The van der Waals surface area contributed by atoms with Crippen molar-refractivity contribution in [3.05, 3.63) is 108 Å². The van der Waals surface area contributed by atoms with Crippen molar-refractivity contribution in [3.8, 4) is 0 Å². The average molecular weight is 329 g/mol. The van der Waals surface area contributed by atoms with E-state index in [1.807, 2.05) is 83.8 Å². The van der Waals surface area contributed by atoms with Gasteiger partial charge in [-0.2, -0.15) is 0 Å². The van der Waals surface area contributed by atoms with Gasteiger partial charge in [-0.25, -0.2) is 4.79 Å². The summed E-state index contributed by atoms with van der Waals surface area (Å²) in [6, 6.07) is 29.9. The van der Waals surface area contributed by atoms with Crippen LogP contribution in [0.4, 0.5) is 4.79 Å². The van der Waals surface area contributed by atoms with E-state index in [0.717, 1.165) is 16.7 Å². The molecule has 2 atom stereocenters. The van der Waals surface area contributed by atoms with Crippen LogP contribution in [0.25, 0.3) is 0 Å². The second-order valence-corrected chi connectivity index (χ2v) is 6.18. The molecule has 3 aromatic rings. The van der Waals surface area contributed by atoms with Crippen molar-refractivity contribution in [2.24, 2.45) is 0 Å². The average Bonchev–Trinajstić information content (AvgIpc) is 3.00. The Morgan fingerprint density at radius 3 is 1.84 bits per heavy atom. The highest BCUT2D eigenvalue weighted by Crippen LogP contribution is 2.43. The van der Waals surface area contributed by atoms with Gasteiger partial charge in [-0.1, -0.05) is 91.0 Å². The predicted molar refractivity (Wildman–Crippen MR) is 96.8 cm³/mol. The standard InChI is InChI=1S/C22H19NO2/c24-22-23(16-17-10-4-1-5-11-17)20(18-12-6-2-7-13-18)21(25-22)19-14-8-3-9-15-19/h1-15,20-21H,16H2/t20-,21-/m0/s1. The van der Waals surface area contributed by atoms with Crippen molar-refractivity contribution >= 4 is 6.09 Å². The van der Waals surface area contributed by atoms with E-state index in [1.54, 1.807) is 0 Å². The van der Waals surface area contributed by atoms with Gasteiger partial charge < -0.3 is 4.74 Å². The van der Waals surface area contributed by atoms with E-state index < -0.39 is 0 Å². The van der Waals surface area contributed by atoms with E-state index >= 15 is 0 Å². The van der Waals surface area contributed by atoms with Crippen LogP contribution in [0.3, 0.4) is 0 Å². The second-order valence-electron chi connectivity index (χ2n) is 6.18. The summed E-state index contributed by atoms with van der Waals surface area (Å²) >= 11 is 0. The molecule has 3 nitrogen and oxygen atoms in total. The fourth-order valence-corrected chi connectivity index (χ4v) is 3.36. The van der Waals surface area contributed by atoms with Crippen LogP contribution < -0.4 is 0 Å². The van der Waals surface area contributed by atoms with Crippen LogP contribution >= 0.6 is 0 Å². The molecule has 0 saturated carbocycles. The van der Waals surface area contributed by atoms with E-state index in [4.69, 9.17) is 4.74 Å². The van der Waals surface area contributed by atoms with Gasteiger partial charge in [0.25, 0.3) is 0 Å². The molecule has 1 aliphatic rings. The molecular weight excluding hydrogens is 310 g/mol. The zero-order valence-electron chi connectivity index (χ0n) is 13.8. The summed E-state index contributed by atoms with van der Waals surface area (Å²) in [6.07, 6.45) is -0.577. The number of hydrogen-bond acceptors (Lipinski definition) is 2. The Hall–Kier alpha value is -3.07. The molecule has 0 radical (unpaired) electrons. The topological polar surface area (TPSA) is 29.5 Å². The first-order chi connectivity index (χ1) is 12.3. The smallest absolute Gasteiger partial charge is 0.411 e. The zero-order valence-corrected chi connectivity index (χ0v) is 13.8. The molecule has 4 rings (SSSR count). The van der Waals surface area contributed by atoms with Gasteiger partial charge in [-0.15, -0.1) is 0 Å². The lowest BCUT2D eigenvalue weighted by atomic mass is 9.95. The molecule has 0 aliphatic carbocycles. The van der Waals surface area contributed by atoms with Crippen LogP contribution in [-0.2, 0) is 11.3 Å². The molecule has 0 N–H and O–H groups in total. The summed E-state index contributed by atoms with van der Waals surface area (Å²) in [5, 5.41) is 0. The van der Waals surface area contributed by atoms with E-state index in [2.05, 4.69) is 12.1 Å². The third-order valence-electron chi connectivity index (χ3n) is 4.55. The molecule has 0 spiro atoms. The van der Waals surface area contributed by atoms with Crippen LogP contribution in [0, 0.1) is 0 Å². The molecule has 3 aromatic carbocycles. The summed E-state index contributed by atoms with van der Waals surface area (Å²) in [5.74, 6) is 0. The Kier molecular flexibility index (Phi) is 4.21. The Bertz CT molecular complexity index is 834. The van der Waals surface area contributed by atoms with Crippen LogP contribution in [-0.4, -0.2) is 11.0 Å². The fourth-order valence-electron chi connectivity index (χ4n) is 3.36. The molecule has 25 heavy (non-hydrogen) atoms. The molecule has 124 valence electrons. The maximum atomic E-state index is 12.6. The van der Waals surface area contributed by atoms with Crippen molar-refractivity contribution in [2.75, 3.05) is 0 Å². The van der Waals surface area contributed by atoms with Crippen molar-refractivity contribution in [3.63, 3.8) is 0 Å². The molecule has 1 amide bonds. The summed E-state index contributed by atoms with van der Waals surface area (Å²) in [4.78, 5) is 14.5. The molecule has 1 heterocycles. The largest absolute Gasteiger partial charge is 0.439 e. The maximum absolute atomic E-state index is 12.6. The van der Waals surface area contributed by atoms with Crippen molar-refractivity contribution in [1.82, 2.24) is 4.90 Å². The molecular formula is C22H19NO2. The Labute approximate surface area is 147 Å². The van der Waals surface area contributed by atoms with E-state index in [-0.39, 0.29) is 18.2 Å². The van der Waals surface area contributed by atoms with Gasteiger partial charge in [0.1, 0.15) is 6.04 Å². The molecule has 0 aromatic heterocycles. The second kappa shape index (κ2) is 6.81. The number of cyclic esters (lactones) is 1. The first kappa shape index (κ1) is 15.5. The molecule has 0 bridgehead atoms.